The Labute approximate surface area is 285 Å². The minimum Gasteiger partial charge on any atom is -0.350 e. The Balaban J connectivity index is 1.13. The number of thiazole rings is 1. The van der Waals surface area contributed by atoms with Crippen molar-refractivity contribution < 1.29 is 23.6 Å². The largest absolute Gasteiger partial charge is 0.350 e. The van der Waals surface area contributed by atoms with E-state index in [-0.39, 0.29) is 60.5 Å². The van der Waals surface area contributed by atoms with Crippen molar-refractivity contribution in [3.63, 3.8) is 0 Å². The van der Waals surface area contributed by atoms with E-state index in [1.54, 1.807) is 16.2 Å². The van der Waals surface area contributed by atoms with Gasteiger partial charge in [-0.3, -0.25) is 24.1 Å². The number of fused-ring (bicyclic) bond motifs is 2. The van der Waals surface area contributed by atoms with Gasteiger partial charge in [-0.2, -0.15) is 0 Å². The van der Waals surface area contributed by atoms with E-state index in [2.05, 4.69) is 10.2 Å². The second-order valence-electron chi connectivity index (χ2n) is 14.5. The molecule has 2 aromatic rings. The lowest BCUT2D eigenvalue weighted by Gasteiger charge is -2.44. The summed E-state index contributed by atoms with van der Waals surface area (Å²) in [5.74, 6) is -0.352. The highest BCUT2D eigenvalue weighted by atomic mass is 32.1. The average Bonchev–Trinajstić information content (AvgIpc) is 3.66. The summed E-state index contributed by atoms with van der Waals surface area (Å²) in [7, 11) is 0. The number of carbonyl (C=O) groups excluding carboxylic acids is 4. The number of hydrogen-bond donors (Lipinski definition) is 2. The number of rotatable bonds is 1. The fraction of sp³-hybridized carbons (Fsp3) is 0.629. The van der Waals surface area contributed by atoms with Crippen LogP contribution in [0.1, 0.15) is 83.2 Å². The predicted molar refractivity (Wildman–Crippen MR) is 179 cm³/mol. The molecule has 4 fully saturated rings. The molecule has 7 aliphatic heterocycles. The number of benzene rings is 1. The molecule has 4 amide bonds. The van der Waals surface area contributed by atoms with Crippen LogP contribution in [0.2, 0.25) is 0 Å². The van der Waals surface area contributed by atoms with Crippen molar-refractivity contribution in [3.05, 3.63) is 51.2 Å². The standard InChI is InChI=1S/C35H46FN7O4S/c1-22-28-19-30(44)39-35(10-16-42(17-11-35)33(46)24-2-4-25(36)5-3-24)20-31(45)40-14-8-27(9-15-40)43-21-26(37)18-29(43)34(47)41-12-6-23(7-13-41)32(38-28)48-22/h2-5,23,26-27,29H,6-21,37H2,1H3,(H,39,44)/t26-,29-/m0/s1. The molecule has 3 N–H and O–H groups in total. The van der Waals surface area contributed by atoms with Crippen LogP contribution in [0.25, 0.3) is 0 Å². The molecule has 48 heavy (non-hydrogen) atoms. The molecule has 0 radical (unpaired) electrons. The minimum atomic E-state index is -0.801. The first-order chi connectivity index (χ1) is 23.1. The second kappa shape index (κ2) is 13.5. The fourth-order valence-corrected chi connectivity index (χ4v) is 9.59. The van der Waals surface area contributed by atoms with Crippen molar-refractivity contribution in [2.45, 2.75) is 94.3 Å². The van der Waals surface area contributed by atoms with Crippen LogP contribution in [-0.4, -0.2) is 118 Å². The molecule has 7 aliphatic rings. The summed E-state index contributed by atoms with van der Waals surface area (Å²) in [4.78, 5) is 68.6. The summed E-state index contributed by atoms with van der Waals surface area (Å²) >= 11 is 1.63. The van der Waals surface area contributed by atoms with E-state index in [0.29, 0.717) is 70.6 Å². The number of halogens is 1. The van der Waals surface area contributed by atoms with Crippen molar-refractivity contribution in [1.82, 2.24) is 29.9 Å². The van der Waals surface area contributed by atoms with Crippen LogP contribution in [0.4, 0.5) is 4.39 Å². The SMILES string of the molecule is Cc1sc2nc1CC(=O)NC1(CCN(C(=O)c3ccc(F)cc3)CC1)CC(=O)N1CCC(CC1)N1C[C@@H](N)C[C@H]1C(=O)N1CCC2CC1. The second-order valence-corrected chi connectivity index (χ2v) is 15.7. The molecule has 8 heterocycles. The number of carbonyl (C=O) groups is 4. The molecule has 13 heteroatoms. The van der Waals surface area contributed by atoms with Crippen LogP contribution in [0.3, 0.4) is 0 Å². The van der Waals surface area contributed by atoms with Crippen molar-refractivity contribution >= 4 is 35.0 Å². The molecule has 0 saturated carbocycles. The molecule has 6 bridgehead atoms. The van der Waals surface area contributed by atoms with Gasteiger partial charge in [0.25, 0.3) is 5.91 Å². The third-order valence-electron chi connectivity index (χ3n) is 11.3. The Morgan fingerprint density at radius 1 is 0.979 bits per heavy atom. The zero-order valence-electron chi connectivity index (χ0n) is 27.7. The third kappa shape index (κ3) is 6.73. The maximum absolute atomic E-state index is 13.9. The Hall–Kier alpha value is -3.42. The first-order valence-electron chi connectivity index (χ1n) is 17.5. The summed E-state index contributed by atoms with van der Waals surface area (Å²) in [6, 6.07) is 5.45. The Morgan fingerprint density at radius 3 is 2.33 bits per heavy atom. The molecule has 2 atom stereocenters. The number of hydrogen-bond acceptors (Lipinski definition) is 8. The van der Waals surface area contributed by atoms with Crippen LogP contribution in [0.15, 0.2) is 24.3 Å². The molecule has 258 valence electrons. The molecular weight excluding hydrogens is 633 g/mol. The summed E-state index contributed by atoms with van der Waals surface area (Å²) < 4.78 is 13.5. The van der Waals surface area contributed by atoms with Crippen molar-refractivity contribution in [1.29, 1.82) is 0 Å². The average molecular weight is 680 g/mol. The number of aromatic nitrogens is 1. The van der Waals surface area contributed by atoms with E-state index >= 15 is 0 Å². The third-order valence-corrected chi connectivity index (χ3v) is 12.5. The first kappa shape index (κ1) is 33.1. The van der Waals surface area contributed by atoms with E-state index in [4.69, 9.17) is 10.7 Å². The molecule has 0 unspecified atom stereocenters. The Kier molecular flexibility index (Phi) is 9.29. The Morgan fingerprint density at radius 2 is 1.65 bits per heavy atom. The molecule has 11 nitrogen and oxygen atoms in total. The lowest BCUT2D eigenvalue weighted by molar-refractivity contribution is -0.140. The number of likely N-dealkylation sites (tertiary alicyclic amines) is 1. The zero-order valence-corrected chi connectivity index (χ0v) is 28.5. The van der Waals surface area contributed by atoms with Crippen molar-refractivity contribution in [2.75, 3.05) is 45.8 Å². The summed E-state index contributed by atoms with van der Waals surface area (Å²) in [6.45, 7) is 5.97. The van der Waals surface area contributed by atoms with Gasteiger partial charge >= 0.3 is 0 Å². The maximum atomic E-state index is 13.9. The Bertz CT molecular complexity index is 1540. The van der Waals surface area contributed by atoms with E-state index in [0.717, 1.165) is 41.3 Å². The zero-order chi connectivity index (χ0) is 33.6. The molecule has 4 saturated heterocycles. The van der Waals surface area contributed by atoms with Gasteiger partial charge in [0.15, 0.2) is 0 Å². The van der Waals surface area contributed by atoms with Crippen LogP contribution in [-0.2, 0) is 20.8 Å². The number of nitrogens with zero attached hydrogens (tertiary/aromatic N) is 5. The van der Waals surface area contributed by atoms with Crippen LogP contribution < -0.4 is 11.1 Å². The molecule has 1 aromatic heterocycles. The normalized spacial score (nSPS) is 26.3. The summed E-state index contributed by atoms with van der Waals surface area (Å²) in [5.41, 5.74) is 6.80. The van der Waals surface area contributed by atoms with Gasteiger partial charge in [-0.15, -0.1) is 11.3 Å². The van der Waals surface area contributed by atoms with E-state index in [1.165, 1.54) is 24.3 Å². The number of amides is 4. The van der Waals surface area contributed by atoms with Gasteiger partial charge < -0.3 is 25.8 Å². The summed E-state index contributed by atoms with van der Waals surface area (Å²) in [5, 5.41) is 4.29. The molecule has 1 spiro atoms. The van der Waals surface area contributed by atoms with Gasteiger partial charge in [0.2, 0.25) is 17.7 Å². The molecular formula is C35H46FN7O4S. The first-order valence-corrected chi connectivity index (χ1v) is 18.3. The topological polar surface area (TPSA) is 132 Å². The maximum Gasteiger partial charge on any atom is 0.253 e. The molecule has 0 aliphatic carbocycles. The quantitative estimate of drug-likeness (QED) is 0.474. The smallest absolute Gasteiger partial charge is 0.253 e. The number of aryl methyl sites for hydroxylation is 1. The van der Waals surface area contributed by atoms with Gasteiger partial charge in [-0.1, -0.05) is 0 Å². The predicted octanol–water partition coefficient (Wildman–Crippen LogP) is 2.43. The van der Waals surface area contributed by atoms with Crippen LogP contribution >= 0.6 is 11.3 Å². The molecule has 1 aromatic carbocycles. The highest BCUT2D eigenvalue weighted by molar-refractivity contribution is 7.11. The fourth-order valence-electron chi connectivity index (χ4n) is 8.49. The van der Waals surface area contributed by atoms with Gasteiger partial charge in [-0.05, 0) is 76.1 Å². The van der Waals surface area contributed by atoms with Gasteiger partial charge in [0.05, 0.1) is 35.1 Å². The van der Waals surface area contributed by atoms with E-state index in [9.17, 15) is 23.6 Å². The van der Waals surface area contributed by atoms with E-state index < -0.39 is 11.4 Å². The highest BCUT2D eigenvalue weighted by Crippen LogP contribution is 2.35. The minimum absolute atomic E-state index is 0.0113. The van der Waals surface area contributed by atoms with Crippen LogP contribution in [0.5, 0.6) is 0 Å². The summed E-state index contributed by atoms with van der Waals surface area (Å²) in [6.07, 6.45) is 5.04. The number of piperidine rings is 3. The number of nitrogens with one attached hydrogen (secondary N) is 1. The van der Waals surface area contributed by atoms with Gasteiger partial charge in [0, 0.05) is 74.3 Å². The van der Waals surface area contributed by atoms with Crippen molar-refractivity contribution in [3.8, 4) is 0 Å². The van der Waals surface area contributed by atoms with Gasteiger partial charge in [0.1, 0.15) is 5.82 Å². The van der Waals surface area contributed by atoms with Crippen molar-refractivity contribution in [2.24, 2.45) is 5.73 Å². The lowest BCUT2D eigenvalue weighted by Crippen LogP contribution is -2.59. The monoisotopic (exact) mass is 679 g/mol. The van der Waals surface area contributed by atoms with E-state index in [1.807, 2.05) is 16.7 Å². The highest BCUT2D eigenvalue weighted by Gasteiger charge is 2.44. The lowest BCUT2D eigenvalue weighted by atomic mass is 9.83. The van der Waals surface area contributed by atoms with Gasteiger partial charge in [-0.25, -0.2) is 9.37 Å². The van der Waals surface area contributed by atoms with Crippen LogP contribution in [0, 0.1) is 12.7 Å². The number of nitrogens with two attached hydrogens (primary N) is 1. The molecule has 9 rings (SSSR count).